The van der Waals surface area contributed by atoms with Gasteiger partial charge in [-0.3, -0.25) is 4.79 Å². The maximum absolute atomic E-state index is 11.7. The third-order valence-electron chi connectivity index (χ3n) is 3.98. The second-order valence-electron chi connectivity index (χ2n) is 5.30. The average Bonchev–Trinajstić information content (AvgIpc) is 2.31. The number of nitrogens with one attached hydrogen (secondary N) is 2. The molecule has 1 amide bonds. The maximum atomic E-state index is 11.7. The van der Waals surface area contributed by atoms with Crippen molar-refractivity contribution in [3.05, 3.63) is 12.7 Å². The summed E-state index contributed by atoms with van der Waals surface area (Å²) in [7, 11) is 0. The van der Waals surface area contributed by atoms with Gasteiger partial charge in [0.05, 0.1) is 6.04 Å². The first-order valence-electron chi connectivity index (χ1n) is 6.71. The average molecular weight is 238 g/mol. The van der Waals surface area contributed by atoms with Crippen LogP contribution in [0.4, 0.5) is 0 Å². The first-order valence-corrected chi connectivity index (χ1v) is 6.71. The van der Waals surface area contributed by atoms with E-state index < -0.39 is 0 Å². The first kappa shape index (κ1) is 14.2. The number of hydrogen-bond donors (Lipinski definition) is 2. The zero-order chi connectivity index (χ0) is 12.8. The van der Waals surface area contributed by atoms with E-state index in [0.29, 0.717) is 18.5 Å². The predicted octanol–water partition coefficient (Wildman–Crippen LogP) is 2.09. The smallest absolute Gasteiger partial charge is 0.237 e. The Hall–Kier alpha value is -0.830. The quantitative estimate of drug-likeness (QED) is 0.720. The van der Waals surface area contributed by atoms with Gasteiger partial charge in [-0.25, -0.2) is 0 Å². The van der Waals surface area contributed by atoms with Gasteiger partial charge in [0.25, 0.3) is 0 Å². The minimum absolute atomic E-state index is 0.0651. The van der Waals surface area contributed by atoms with Crippen LogP contribution in [-0.4, -0.2) is 24.5 Å². The fourth-order valence-corrected chi connectivity index (χ4v) is 2.54. The molecule has 17 heavy (non-hydrogen) atoms. The molecule has 0 aliphatic heterocycles. The Bertz CT molecular complexity index is 265. The van der Waals surface area contributed by atoms with Crippen LogP contribution in [0.1, 0.15) is 40.0 Å². The topological polar surface area (TPSA) is 41.1 Å². The van der Waals surface area contributed by atoms with E-state index in [0.717, 1.165) is 5.92 Å². The minimum Gasteiger partial charge on any atom is -0.351 e. The van der Waals surface area contributed by atoms with E-state index in [1.165, 1.54) is 19.3 Å². The van der Waals surface area contributed by atoms with E-state index >= 15 is 0 Å². The molecule has 3 heteroatoms. The van der Waals surface area contributed by atoms with E-state index in [9.17, 15) is 4.79 Å². The molecule has 98 valence electrons. The molecule has 1 aliphatic carbocycles. The number of rotatable bonds is 5. The van der Waals surface area contributed by atoms with E-state index in [2.05, 4.69) is 31.1 Å². The van der Waals surface area contributed by atoms with Crippen LogP contribution in [0.2, 0.25) is 0 Å². The van der Waals surface area contributed by atoms with E-state index in [1.807, 2.05) is 6.92 Å². The van der Waals surface area contributed by atoms with Crippen LogP contribution in [0.15, 0.2) is 12.7 Å². The molecule has 0 aromatic rings. The fourth-order valence-electron chi connectivity index (χ4n) is 2.54. The van der Waals surface area contributed by atoms with Gasteiger partial charge >= 0.3 is 0 Å². The third kappa shape index (κ3) is 4.15. The van der Waals surface area contributed by atoms with Gasteiger partial charge in [0.15, 0.2) is 0 Å². The van der Waals surface area contributed by atoms with Crippen molar-refractivity contribution in [3.63, 3.8) is 0 Å². The highest BCUT2D eigenvalue weighted by Crippen LogP contribution is 2.29. The first-order chi connectivity index (χ1) is 8.06. The van der Waals surface area contributed by atoms with Gasteiger partial charge in [0.1, 0.15) is 0 Å². The molecule has 4 unspecified atom stereocenters. The highest BCUT2D eigenvalue weighted by atomic mass is 16.2. The lowest BCUT2D eigenvalue weighted by Gasteiger charge is -2.36. The summed E-state index contributed by atoms with van der Waals surface area (Å²) in [5.41, 5.74) is 0. The van der Waals surface area contributed by atoms with Gasteiger partial charge in [0, 0.05) is 12.6 Å². The Kier molecular flexibility index (Phi) is 5.69. The number of carbonyl (C=O) groups is 1. The Labute approximate surface area is 105 Å². The summed E-state index contributed by atoms with van der Waals surface area (Å²) in [5.74, 6) is 1.47. The molecule has 0 bridgehead atoms. The molecule has 0 heterocycles. The Morgan fingerprint density at radius 3 is 2.82 bits per heavy atom. The zero-order valence-electron chi connectivity index (χ0n) is 11.3. The van der Waals surface area contributed by atoms with E-state index in [4.69, 9.17) is 0 Å². The molecule has 0 saturated heterocycles. The lowest BCUT2D eigenvalue weighted by molar-refractivity contribution is -0.122. The molecule has 1 rings (SSSR count). The zero-order valence-corrected chi connectivity index (χ0v) is 11.3. The molecule has 4 atom stereocenters. The summed E-state index contributed by atoms with van der Waals surface area (Å²) in [4.78, 5) is 11.7. The predicted molar refractivity (Wildman–Crippen MR) is 71.8 cm³/mol. The SMILES string of the molecule is C=CCNC(=O)C(C)NC1CCCC(C)C1C. The third-order valence-corrected chi connectivity index (χ3v) is 3.98. The number of amides is 1. The van der Waals surface area contributed by atoms with Crippen LogP contribution in [0.25, 0.3) is 0 Å². The Morgan fingerprint density at radius 1 is 1.47 bits per heavy atom. The maximum Gasteiger partial charge on any atom is 0.237 e. The summed E-state index contributed by atoms with van der Waals surface area (Å²) in [6.07, 6.45) is 5.47. The minimum atomic E-state index is -0.118. The Morgan fingerprint density at radius 2 is 2.18 bits per heavy atom. The van der Waals surface area contributed by atoms with Crippen LogP contribution in [0, 0.1) is 11.8 Å². The van der Waals surface area contributed by atoms with Crippen molar-refractivity contribution in [3.8, 4) is 0 Å². The van der Waals surface area contributed by atoms with Crippen molar-refractivity contribution in [2.45, 2.75) is 52.1 Å². The molecule has 2 N–H and O–H groups in total. The van der Waals surface area contributed by atoms with Crippen LogP contribution in [0.3, 0.4) is 0 Å². The molecule has 1 saturated carbocycles. The van der Waals surface area contributed by atoms with Crippen molar-refractivity contribution < 1.29 is 4.79 Å². The monoisotopic (exact) mass is 238 g/mol. The second-order valence-corrected chi connectivity index (χ2v) is 5.30. The van der Waals surface area contributed by atoms with Gasteiger partial charge in [0.2, 0.25) is 5.91 Å². The Balaban J connectivity index is 2.41. The largest absolute Gasteiger partial charge is 0.351 e. The van der Waals surface area contributed by atoms with Gasteiger partial charge in [-0.1, -0.05) is 32.8 Å². The molecular weight excluding hydrogens is 212 g/mol. The summed E-state index contributed by atoms with van der Waals surface area (Å²) in [6.45, 7) is 10.7. The van der Waals surface area contributed by atoms with E-state index in [1.54, 1.807) is 6.08 Å². The lowest BCUT2D eigenvalue weighted by atomic mass is 9.78. The van der Waals surface area contributed by atoms with Gasteiger partial charge in [-0.2, -0.15) is 0 Å². The molecule has 1 fully saturated rings. The van der Waals surface area contributed by atoms with Crippen molar-refractivity contribution in [1.82, 2.24) is 10.6 Å². The highest BCUT2D eigenvalue weighted by Gasteiger charge is 2.28. The fraction of sp³-hybridized carbons (Fsp3) is 0.786. The molecule has 3 nitrogen and oxygen atoms in total. The van der Waals surface area contributed by atoms with Crippen molar-refractivity contribution >= 4 is 5.91 Å². The second kappa shape index (κ2) is 6.80. The van der Waals surface area contributed by atoms with Crippen LogP contribution in [0.5, 0.6) is 0 Å². The number of hydrogen-bond acceptors (Lipinski definition) is 2. The van der Waals surface area contributed by atoms with Crippen molar-refractivity contribution in [2.75, 3.05) is 6.54 Å². The van der Waals surface area contributed by atoms with Crippen LogP contribution in [-0.2, 0) is 4.79 Å². The van der Waals surface area contributed by atoms with Crippen LogP contribution < -0.4 is 10.6 Å². The van der Waals surface area contributed by atoms with Gasteiger partial charge in [-0.15, -0.1) is 6.58 Å². The van der Waals surface area contributed by atoms with Gasteiger partial charge in [-0.05, 0) is 25.2 Å². The molecule has 0 radical (unpaired) electrons. The summed E-state index contributed by atoms with van der Waals surface area (Å²) >= 11 is 0. The lowest BCUT2D eigenvalue weighted by Crippen LogP contribution is -2.50. The van der Waals surface area contributed by atoms with Crippen LogP contribution >= 0.6 is 0 Å². The molecule has 1 aliphatic rings. The summed E-state index contributed by atoms with van der Waals surface area (Å²) in [6, 6.07) is 0.357. The molecular formula is C14H26N2O. The number of carbonyl (C=O) groups excluding carboxylic acids is 1. The summed E-state index contributed by atoms with van der Waals surface area (Å²) < 4.78 is 0. The molecule has 0 aromatic carbocycles. The molecule has 0 aromatic heterocycles. The standard InChI is InChI=1S/C14H26N2O/c1-5-9-15-14(17)12(4)16-13-8-6-7-10(2)11(13)3/h5,10-13,16H,1,6-9H2,2-4H3,(H,15,17). The normalized spacial score (nSPS) is 30.6. The van der Waals surface area contributed by atoms with Crippen molar-refractivity contribution in [2.24, 2.45) is 11.8 Å². The van der Waals surface area contributed by atoms with Gasteiger partial charge < -0.3 is 10.6 Å². The van der Waals surface area contributed by atoms with Crippen molar-refractivity contribution in [1.29, 1.82) is 0 Å². The highest BCUT2D eigenvalue weighted by molar-refractivity contribution is 5.81. The van der Waals surface area contributed by atoms with E-state index in [-0.39, 0.29) is 11.9 Å². The summed E-state index contributed by atoms with van der Waals surface area (Å²) in [5, 5.41) is 6.29. The molecule has 0 spiro atoms.